The Hall–Kier alpha value is -2.37. The molecule has 3 rings (SSSR count). The van der Waals surface area contributed by atoms with Crippen LogP contribution in [0.25, 0.3) is 0 Å². The summed E-state index contributed by atoms with van der Waals surface area (Å²) < 4.78 is 5.27. The Bertz CT molecular complexity index is 654. The van der Waals surface area contributed by atoms with E-state index in [-0.39, 0.29) is 11.8 Å². The summed E-state index contributed by atoms with van der Waals surface area (Å²) in [7, 11) is 1.61. The number of fused-ring (bicyclic) bond motifs is 1. The summed E-state index contributed by atoms with van der Waals surface area (Å²) in [6.07, 6.45) is 1.63. The van der Waals surface area contributed by atoms with Crippen LogP contribution < -0.4 is 15.1 Å². The first-order valence-corrected chi connectivity index (χ1v) is 7.42. The second-order valence-electron chi connectivity index (χ2n) is 5.81. The van der Waals surface area contributed by atoms with Gasteiger partial charge in [-0.25, -0.2) is 5.43 Å². The van der Waals surface area contributed by atoms with E-state index in [0.717, 1.165) is 23.4 Å². The van der Waals surface area contributed by atoms with Crippen LogP contribution in [0.2, 0.25) is 0 Å². The van der Waals surface area contributed by atoms with E-state index in [4.69, 9.17) is 4.74 Å². The van der Waals surface area contributed by atoms with Crippen molar-refractivity contribution in [2.45, 2.75) is 26.2 Å². The second-order valence-corrected chi connectivity index (χ2v) is 5.81. The van der Waals surface area contributed by atoms with Crippen molar-refractivity contribution in [1.29, 1.82) is 0 Å². The maximum Gasteiger partial charge on any atom is 0.274 e. The third-order valence-corrected chi connectivity index (χ3v) is 4.04. The number of hydrazone groups is 1. The molecule has 0 aliphatic carbocycles. The van der Waals surface area contributed by atoms with Crippen LogP contribution in [0.3, 0.4) is 0 Å². The predicted molar refractivity (Wildman–Crippen MR) is 83.0 cm³/mol. The van der Waals surface area contributed by atoms with Gasteiger partial charge in [-0.15, -0.1) is 0 Å². The highest BCUT2D eigenvalue weighted by Crippen LogP contribution is 2.33. The van der Waals surface area contributed by atoms with Crippen molar-refractivity contribution in [1.82, 2.24) is 5.43 Å². The number of nitrogens with zero attached hydrogens (tertiary/aromatic N) is 2. The standard InChI is InChI=1S/C16H19N3O3/c1-10-7-11-3-4-12(22-2)8-14(11)19(9-10)16(21)13-5-6-15(20)18-17-13/h3-4,8,10H,5-7,9H2,1-2H3,(H,18,20). The summed E-state index contributed by atoms with van der Waals surface area (Å²) in [5.41, 5.74) is 4.80. The molecule has 0 bridgehead atoms. The zero-order chi connectivity index (χ0) is 15.7. The molecule has 1 aromatic carbocycles. The Kier molecular flexibility index (Phi) is 3.83. The smallest absolute Gasteiger partial charge is 0.274 e. The normalized spacial score (nSPS) is 20.8. The highest BCUT2D eigenvalue weighted by molar-refractivity contribution is 6.44. The van der Waals surface area contributed by atoms with Crippen molar-refractivity contribution in [2.24, 2.45) is 11.0 Å². The van der Waals surface area contributed by atoms with Crippen LogP contribution >= 0.6 is 0 Å². The topological polar surface area (TPSA) is 71.0 Å². The number of rotatable bonds is 2. The van der Waals surface area contributed by atoms with E-state index in [0.29, 0.717) is 31.0 Å². The molecule has 116 valence electrons. The number of carbonyl (C=O) groups is 2. The van der Waals surface area contributed by atoms with E-state index in [2.05, 4.69) is 17.5 Å². The molecule has 2 aliphatic heterocycles. The van der Waals surface area contributed by atoms with E-state index in [1.165, 1.54) is 0 Å². The van der Waals surface area contributed by atoms with Gasteiger partial charge in [0.05, 0.1) is 12.8 Å². The Morgan fingerprint density at radius 1 is 1.41 bits per heavy atom. The largest absolute Gasteiger partial charge is 0.497 e. The molecule has 0 saturated carbocycles. The van der Waals surface area contributed by atoms with Gasteiger partial charge in [0.1, 0.15) is 11.5 Å². The first-order chi connectivity index (χ1) is 10.6. The lowest BCUT2D eigenvalue weighted by molar-refractivity contribution is -0.121. The number of benzene rings is 1. The monoisotopic (exact) mass is 301 g/mol. The summed E-state index contributed by atoms with van der Waals surface area (Å²) in [4.78, 5) is 25.7. The van der Waals surface area contributed by atoms with E-state index >= 15 is 0 Å². The van der Waals surface area contributed by atoms with Gasteiger partial charge in [0.2, 0.25) is 5.91 Å². The quantitative estimate of drug-likeness (QED) is 0.899. The number of nitrogens with one attached hydrogen (secondary N) is 1. The van der Waals surface area contributed by atoms with Crippen molar-refractivity contribution in [2.75, 3.05) is 18.6 Å². The Morgan fingerprint density at radius 3 is 2.91 bits per heavy atom. The number of methoxy groups -OCH3 is 1. The van der Waals surface area contributed by atoms with Gasteiger partial charge in [-0.3, -0.25) is 9.59 Å². The average molecular weight is 301 g/mol. The first-order valence-electron chi connectivity index (χ1n) is 7.42. The van der Waals surface area contributed by atoms with Crippen molar-refractivity contribution in [3.05, 3.63) is 23.8 Å². The van der Waals surface area contributed by atoms with E-state index < -0.39 is 0 Å². The number of carbonyl (C=O) groups excluding carboxylic acids is 2. The molecule has 1 aromatic rings. The molecule has 6 nitrogen and oxygen atoms in total. The molecule has 1 atom stereocenters. The van der Waals surface area contributed by atoms with Crippen LogP contribution in [-0.4, -0.2) is 31.2 Å². The second kappa shape index (κ2) is 5.79. The van der Waals surface area contributed by atoms with E-state index in [1.54, 1.807) is 12.0 Å². The molecular weight excluding hydrogens is 282 g/mol. The maximum atomic E-state index is 12.8. The Labute approximate surface area is 129 Å². The lowest BCUT2D eigenvalue weighted by Crippen LogP contribution is -2.44. The fourth-order valence-corrected chi connectivity index (χ4v) is 2.92. The summed E-state index contributed by atoms with van der Waals surface area (Å²) in [6.45, 7) is 2.77. The van der Waals surface area contributed by atoms with Gasteiger partial charge in [-0.05, 0) is 24.0 Å². The molecule has 2 amide bonds. The van der Waals surface area contributed by atoms with Crippen LogP contribution in [0.5, 0.6) is 5.75 Å². The Balaban J connectivity index is 1.94. The molecule has 2 aliphatic rings. The van der Waals surface area contributed by atoms with Crippen molar-refractivity contribution >= 4 is 23.2 Å². The fraction of sp³-hybridized carbons (Fsp3) is 0.438. The maximum absolute atomic E-state index is 12.8. The summed E-state index contributed by atoms with van der Waals surface area (Å²) >= 11 is 0. The van der Waals surface area contributed by atoms with Gasteiger partial charge >= 0.3 is 0 Å². The fourth-order valence-electron chi connectivity index (χ4n) is 2.92. The summed E-state index contributed by atoms with van der Waals surface area (Å²) in [5.74, 6) is 0.820. The molecule has 0 aromatic heterocycles. The molecule has 1 N–H and O–H groups in total. The van der Waals surface area contributed by atoms with Crippen LogP contribution in [-0.2, 0) is 16.0 Å². The van der Waals surface area contributed by atoms with E-state index in [9.17, 15) is 9.59 Å². The summed E-state index contributed by atoms with van der Waals surface area (Å²) in [6, 6.07) is 5.81. The molecular formula is C16H19N3O3. The summed E-state index contributed by atoms with van der Waals surface area (Å²) in [5, 5.41) is 3.92. The zero-order valence-corrected chi connectivity index (χ0v) is 12.8. The number of hydrogen-bond acceptors (Lipinski definition) is 4. The van der Waals surface area contributed by atoms with Crippen molar-refractivity contribution in [3.63, 3.8) is 0 Å². The highest BCUT2D eigenvalue weighted by atomic mass is 16.5. The lowest BCUT2D eigenvalue weighted by atomic mass is 9.93. The number of anilines is 1. The van der Waals surface area contributed by atoms with Gasteiger partial charge in [0.25, 0.3) is 5.91 Å². The van der Waals surface area contributed by atoms with Crippen molar-refractivity contribution in [3.8, 4) is 5.75 Å². The van der Waals surface area contributed by atoms with Gasteiger partial charge in [-0.2, -0.15) is 5.10 Å². The minimum Gasteiger partial charge on any atom is -0.497 e. The number of hydrogen-bond donors (Lipinski definition) is 1. The third kappa shape index (κ3) is 2.68. The van der Waals surface area contributed by atoms with Crippen LogP contribution in [0.4, 0.5) is 5.69 Å². The Morgan fingerprint density at radius 2 is 2.23 bits per heavy atom. The molecule has 6 heteroatoms. The van der Waals surface area contributed by atoms with Crippen LogP contribution in [0, 0.1) is 5.92 Å². The van der Waals surface area contributed by atoms with Crippen LogP contribution in [0.1, 0.15) is 25.3 Å². The molecule has 1 unspecified atom stereocenters. The van der Waals surface area contributed by atoms with Gasteiger partial charge < -0.3 is 9.64 Å². The first kappa shape index (κ1) is 14.6. The minimum absolute atomic E-state index is 0.138. The molecule has 0 spiro atoms. The number of ether oxygens (including phenoxy) is 1. The zero-order valence-electron chi connectivity index (χ0n) is 12.8. The predicted octanol–water partition coefficient (Wildman–Crippen LogP) is 1.49. The molecule has 0 saturated heterocycles. The van der Waals surface area contributed by atoms with Crippen molar-refractivity contribution < 1.29 is 14.3 Å². The third-order valence-electron chi connectivity index (χ3n) is 4.04. The van der Waals surface area contributed by atoms with Gasteiger partial charge in [0.15, 0.2) is 0 Å². The molecule has 0 radical (unpaired) electrons. The highest BCUT2D eigenvalue weighted by Gasteiger charge is 2.30. The average Bonchev–Trinajstić information content (AvgIpc) is 2.53. The lowest BCUT2D eigenvalue weighted by Gasteiger charge is -2.34. The SMILES string of the molecule is COc1ccc2c(c1)N(C(=O)C1=NNC(=O)CC1)CC(C)C2. The minimum atomic E-state index is -0.148. The molecule has 22 heavy (non-hydrogen) atoms. The molecule has 2 heterocycles. The number of amides is 2. The van der Waals surface area contributed by atoms with Gasteiger partial charge in [0, 0.05) is 25.5 Å². The molecule has 0 fully saturated rings. The van der Waals surface area contributed by atoms with Crippen LogP contribution in [0.15, 0.2) is 23.3 Å². The van der Waals surface area contributed by atoms with Gasteiger partial charge in [-0.1, -0.05) is 13.0 Å². The van der Waals surface area contributed by atoms with E-state index in [1.807, 2.05) is 18.2 Å².